The van der Waals surface area contributed by atoms with Crippen molar-refractivity contribution in [3.8, 4) is 0 Å². The number of rotatable bonds is 8. The van der Waals surface area contributed by atoms with E-state index in [4.69, 9.17) is 10.5 Å². The molecule has 6 heteroatoms. The van der Waals surface area contributed by atoms with Crippen LogP contribution >= 0.6 is 0 Å². The minimum Gasteiger partial charge on any atom is -0.385 e. The van der Waals surface area contributed by atoms with Gasteiger partial charge in [-0.25, -0.2) is 13.1 Å². The molecule has 0 bridgehead atoms. The van der Waals surface area contributed by atoms with Crippen LogP contribution in [0.15, 0.2) is 23.1 Å². The fourth-order valence-corrected chi connectivity index (χ4v) is 2.94. The lowest BCUT2D eigenvalue weighted by Crippen LogP contribution is -2.25. The molecule has 0 saturated heterocycles. The first-order valence-electron chi connectivity index (χ1n) is 6.35. The number of ether oxygens (including phenoxy) is 1. The van der Waals surface area contributed by atoms with Gasteiger partial charge in [0, 0.05) is 26.8 Å². The Kier molecular flexibility index (Phi) is 6.44. The van der Waals surface area contributed by atoms with Gasteiger partial charge in [-0.2, -0.15) is 0 Å². The number of aryl methyl sites for hydroxylation is 1. The van der Waals surface area contributed by atoms with Crippen LogP contribution in [0.3, 0.4) is 0 Å². The summed E-state index contributed by atoms with van der Waals surface area (Å²) in [6.07, 6.45) is 1.49. The average molecular weight is 286 g/mol. The van der Waals surface area contributed by atoms with Gasteiger partial charge in [0.05, 0.1) is 4.90 Å². The van der Waals surface area contributed by atoms with E-state index in [0.29, 0.717) is 26.1 Å². The third-order valence-corrected chi connectivity index (χ3v) is 4.36. The Morgan fingerprint density at radius 2 is 2.05 bits per heavy atom. The van der Waals surface area contributed by atoms with Crippen molar-refractivity contribution in [2.45, 2.75) is 31.2 Å². The van der Waals surface area contributed by atoms with E-state index < -0.39 is 10.0 Å². The van der Waals surface area contributed by atoms with E-state index in [1.54, 1.807) is 19.2 Å². The van der Waals surface area contributed by atoms with Gasteiger partial charge in [0.25, 0.3) is 0 Å². The Labute approximate surface area is 115 Å². The zero-order valence-corrected chi connectivity index (χ0v) is 12.3. The Balaban J connectivity index is 2.83. The van der Waals surface area contributed by atoms with Crippen LogP contribution in [0.1, 0.15) is 24.5 Å². The molecular formula is C13H22N2O3S. The molecular weight excluding hydrogens is 264 g/mol. The molecule has 3 N–H and O–H groups in total. The van der Waals surface area contributed by atoms with Gasteiger partial charge in [-0.3, -0.25) is 0 Å². The lowest BCUT2D eigenvalue weighted by atomic mass is 10.1. The molecule has 1 aromatic carbocycles. The molecule has 0 heterocycles. The smallest absolute Gasteiger partial charge is 0.240 e. The van der Waals surface area contributed by atoms with Crippen molar-refractivity contribution in [3.05, 3.63) is 29.3 Å². The first-order valence-corrected chi connectivity index (χ1v) is 7.84. The molecule has 0 aliphatic heterocycles. The summed E-state index contributed by atoms with van der Waals surface area (Å²) in [5.41, 5.74) is 7.61. The molecule has 0 atom stereocenters. The maximum atomic E-state index is 12.1. The third-order valence-electron chi connectivity index (χ3n) is 2.91. The van der Waals surface area contributed by atoms with Crippen molar-refractivity contribution in [3.63, 3.8) is 0 Å². The van der Waals surface area contributed by atoms with Gasteiger partial charge in [0.1, 0.15) is 0 Å². The lowest BCUT2D eigenvalue weighted by molar-refractivity contribution is 0.196. The predicted octanol–water partition coefficient (Wildman–Crippen LogP) is 1.02. The molecule has 0 saturated carbocycles. The first-order chi connectivity index (χ1) is 9.05. The normalized spacial score (nSPS) is 11.7. The van der Waals surface area contributed by atoms with Crippen molar-refractivity contribution in [2.75, 3.05) is 20.3 Å². The van der Waals surface area contributed by atoms with Crippen LogP contribution in [0.25, 0.3) is 0 Å². The summed E-state index contributed by atoms with van der Waals surface area (Å²) in [4.78, 5) is 0.266. The number of hydrogen-bond acceptors (Lipinski definition) is 4. The zero-order valence-electron chi connectivity index (χ0n) is 11.5. The lowest BCUT2D eigenvalue weighted by Gasteiger charge is -2.10. The average Bonchev–Trinajstić information content (AvgIpc) is 2.42. The second-order valence-electron chi connectivity index (χ2n) is 4.23. The van der Waals surface area contributed by atoms with Gasteiger partial charge >= 0.3 is 0 Å². The van der Waals surface area contributed by atoms with E-state index in [2.05, 4.69) is 4.72 Å². The van der Waals surface area contributed by atoms with Crippen LogP contribution in [0, 0.1) is 0 Å². The standard InChI is InChI=1S/C13H22N2O3S/c1-3-11-5-6-13(9-12(11)10-14)19(16,17)15-7-4-8-18-2/h5-6,9,15H,3-4,7-8,10,14H2,1-2H3. The number of sulfonamides is 1. The molecule has 1 rings (SSSR count). The molecule has 0 aromatic heterocycles. The second-order valence-corrected chi connectivity index (χ2v) is 6.00. The fourth-order valence-electron chi connectivity index (χ4n) is 1.81. The van der Waals surface area contributed by atoms with Crippen molar-refractivity contribution in [2.24, 2.45) is 5.73 Å². The zero-order chi connectivity index (χ0) is 14.3. The number of nitrogens with two attached hydrogens (primary N) is 1. The SMILES string of the molecule is CCc1ccc(S(=O)(=O)NCCCOC)cc1CN. The topological polar surface area (TPSA) is 81.4 Å². The minimum absolute atomic E-state index is 0.266. The molecule has 1 aromatic rings. The second kappa shape index (κ2) is 7.59. The van der Waals surface area contributed by atoms with E-state index in [1.165, 1.54) is 0 Å². The van der Waals surface area contributed by atoms with Crippen molar-refractivity contribution >= 4 is 10.0 Å². The van der Waals surface area contributed by atoms with E-state index in [1.807, 2.05) is 13.0 Å². The number of benzene rings is 1. The van der Waals surface area contributed by atoms with E-state index in [-0.39, 0.29) is 4.90 Å². The Bertz CT molecular complexity index is 501. The van der Waals surface area contributed by atoms with Crippen LogP contribution in [0.5, 0.6) is 0 Å². The van der Waals surface area contributed by atoms with Crippen LogP contribution in [-0.2, 0) is 27.7 Å². The van der Waals surface area contributed by atoms with Crippen LogP contribution in [0.2, 0.25) is 0 Å². The highest BCUT2D eigenvalue weighted by Gasteiger charge is 2.14. The molecule has 5 nitrogen and oxygen atoms in total. The summed E-state index contributed by atoms with van der Waals surface area (Å²) >= 11 is 0. The third kappa shape index (κ3) is 4.58. The van der Waals surface area contributed by atoms with Crippen LogP contribution in [-0.4, -0.2) is 28.7 Å². The first kappa shape index (κ1) is 16.1. The van der Waals surface area contributed by atoms with Gasteiger partial charge in [-0.05, 0) is 36.1 Å². The molecule has 19 heavy (non-hydrogen) atoms. The quantitative estimate of drug-likeness (QED) is 0.699. The summed E-state index contributed by atoms with van der Waals surface area (Å²) in [7, 11) is -1.87. The van der Waals surface area contributed by atoms with Crippen molar-refractivity contribution in [1.29, 1.82) is 0 Å². The van der Waals surface area contributed by atoms with Crippen LogP contribution < -0.4 is 10.5 Å². The van der Waals surface area contributed by atoms with Crippen molar-refractivity contribution < 1.29 is 13.2 Å². The largest absolute Gasteiger partial charge is 0.385 e. The fraction of sp³-hybridized carbons (Fsp3) is 0.538. The number of methoxy groups -OCH3 is 1. The minimum atomic E-state index is -3.46. The van der Waals surface area contributed by atoms with Gasteiger partial charge in [0.15, 0.2) is 0 Å². The Morgan fingerprint density at radius 1 is 1.32 bits per heavy atom. The molecule has 0 amide bonds. The highest BCUT2D eigenvalue weighted by atomic mass is 32.2. The molecule has 0 aliphatic carbocycles. The Hall–Kier alpha value is -0.950. The van der Waals surface area contributed by atoms with Crippen LogP contribution in [0.4, 0.5) is 0 Å². The number of nitrogens with one attached hydrogen (secondary N) is 1. The van der Waals surface area contributed by atoms with Gasteiger partial charge < -0.3 is 10.5 Å². The summed E-state index contributed by atoms with van der Waals surface area (Å²) < 4.78 is 31.6. The highest BCUT2D eigenvalue weighted by molar-refractivity contribution is 7.89. The molecule has 0 unspecified atom stereocenters. The molecule has 0 fully saturated rings. The van der Waals surface area contributed by atoms with E-state index >= 15 is 0 Å². The highest BCUT2D eigenvalue weighted by Crippen LogP contribution is 2.16. The summed E-state index contributed by atoms with van der Waals surface area (Å²) in [5, 5.41) is 0. The van der Waals surface area contributed by atoms with Crippen molar-refractivity contribution in [1.82, 2.24) is 4.72 Å². The predicted molar refractivity (Wildman–Crippen MR) is 75.4 cm³/mol. The molecule has 0 spiro atoms. The van der Waals surface area contributed by atoms with E-state index in [9.17, 15) is 8.42 Å². The Morgan fingerprint density at radius 3 is 2.63 bits per heavy atom. The molecule has 0 aliphatic rings. The summed E-state index contributed by atoms with van der Waals surface area (Å²) in [6, 6.07) is 5.10. The van der Waals surface area contributed by atoms with E-state index in [0.717, 1.165) is 17.5 Å². The monoisotopic (exact) mass is 286 g/mol. The maximum Gasteiger partial charge on any atom is 0.240 e. The maximum absolute atomic E-state index is 12.1. The van der Waals surface area contributed by atoms with Gasteiger partial charge in [-0.1, -0.05) is 13.0 Å². The van der Waals surface area contributed by atoms with Gasteiger partial charge in [0.2, 0.25) is 10.0 Å². The molecule has 108 valence electrons. The molecule has 0 radical (unpaired) electrons. The number of hydrogen-bond donors (Lipinski definition) is 2. The summed E-state index contributed by atoms with van der Waals surface area (Å²) in [6.45, 7) is 3.26. The summed E-state index contributed by atoms with van der Waals surface area (Å²) in [5.74, 6) is 0. The van der Waals surface area contributed by atoms with Gasteiger partial charge in [-0.15, -0.1) is 0 Å².